The van der Waals surface area contributed by atoms with E-state index in [0.29, 0.717) is 69.2 Å². The van der Waals surface area contributed by atoms with Gasteiger partial charge in [0.15, 0.2) is 0 Å². The lowest BCUT2D eigenvalue weighted by Gasteiger charge is -2.35. The Balaban J connectivity index is 1.60. The number of hydrogen-bond acceptors (Lipinski definition) is 6. The lowest BCUT2D eigenvalue weighted by Crippen LogP contribution is -2.50. The number of fused-ring (bicyclic) bond motifs is 7. The Hall–Kier alpha value is -3.10. The van der Waals surface area contributed by atoms with E-state index in [9.17, 15) is 9.59 Å². The molecule has 0 unspecified atom stereocenters. The van der Waals surface area contributed by atoms with Crippen LogP contribution < -0.4 is 9.47 Å². The first kappa shape index (κ1) is 19.2. The Kier molecular flexibility index (Phi) is 5.64. The normalized spacial score (nSPS) is 18.2. The molecular weight excluding hydrogens is 374 g/mol. The first-order valence-electron chi connectivity index (χ1n) is 9.91. The summed E-state index contributed by atoms with van der Waals surface area (Å²) in [6.45, 7) is 2.99. The summed E-state index contributed by atoms with van der Waals surface area (Å²) in [6.07, 6.45) is 3.80. The average Bonchev–Trinajstić information content (AvgIpc) is 3.20. The van der Waals surface area contributed by atoms with E-state index in [0.717, 1.165) is 12.1 Å². The molecule has 0 atom stereocenters. The van der Waals surface area contributed by atoms with Crippen LogP contribution >= 0.6 is 0 Å². The fourth-order valence-corrected chi connectivity index (χ4v) is 3.65. The van der Waals surface area contributed by atoms with Gasteiger partial charge >= 0.3 is 0 Å². The minimum absolute atomic E-state index is 0.0953. The largest absolute Gasteiger partial charge is 0.497 e. The summed E-state index contributed by atoms with van der Waals surface area (Å²) >= 11 is 0. The number of amides is 2. The van der Waals surface area contributed by atoms with Crippen LogP contribution in [0.25, 0.3) is 0 Å². The molecule has 2 amide bonds. The number of nitrogens with zero attached hydrogens (tertiary/aromatic N) is 5. The minimum Gasteiger partial charge on any atom is -0.497 e. The molecule has 9 nitrogen and oxygen atoms in total. The molecule has 4 bridgehead atoms. The predicted octanol–water partition coefficient (Wildman–Crippen LogP) is 0.986. The molecule has 1 saturated heterocycles. The minimum atomic E-state index is -0.0953. The topological polar surface area (TPSA) is 89.8 Å². The first-order chi connectivity index (χ1) is 14.1. The van der Waals surface area contributed by atoms with Crippen molar-refractivity contribution in [3.8, 4) is 11.5 Å². The Morgan fingerprint density at radius 3 is 2.62 bits per heavy atom. The monoisotopic (exact) mass is 399 g/mol. The summed E-state index contributed by atoms with van der Waals surface area (Å²) in [5.41, 5.74) is 1.36. The average molecular weight is 399 g/mol. The van der Waals surface area contributed by atoms with Crippen molar-refractivity contribution in [3.63, 3.8) is 0 Å². The second kappa shape index (κ2) is 8.50. The zero-order valence-electron chi connectivity index (χ0n) is 16.5. The van der Waals surface area contributed by atoms with Gasteiger partial charge < -0.3 is 19.3 Å². The molecule has 9 heteroatoms. The molecule has 3 aliphatic heterocycles. The Morgan fingerprint density at radius 2 is 1.83 bits per heavy atom. The third-order valence-electron chi connectivity index (χ3n) is 5.33. The molecule has 0 spiro atoms. The standard InChI is InChI=1S/C20H25N5O4/c1-28-16-5-6-17-18(13-16)29-12-11-25-14-15(21-22-25)3-2-4-19(26)23-7-9-24(10-8-23)20(17)27/h5-6,13-14H,2-4,7-12H2,1H3. The van der Waals surface area contributed by atoms with Crippen molar-refractivity contribution < 1.29 is 19.1 Å². The molecule has 0 radical (unpaired) electrons. The fraction of sp³-hybridized carbons (Fsp3) is 0.500. The van der Waals surface area contributed by atoms with Crippen LogP contribution in [0.1, 0.15) is 28.9 Å². The highest BCUT2D eigenvalue weighted by Crippen LogP contribution is 2.27. The summed E-state index contributed by atoms with van der Waals surface area (Å²) < 4.78 is 12.9. The summed E-state index contributed by atoms with van der Waals surface area (Å²) in [5.74, 6) is 1.14. The quantitative estimate of drug-likeness (QED) is 0.710. The Labute approximate surface area is 169 Å². The zero-order valence-corrected chi connectivity index (χ0v) is 16.5. The molecule has 0 N–H and O–H groups in total. The highest BCUT2D eigenvalue weighted by molar-refractivity contribution is 5.97. The van der Waals surface area contributed by atoms with Crippen molar-refractivity contribution >= 4 is 11.8 Å². The van der Waals surface area contributed by atoms with Gasteiger partial charge in [-0.25, -0.2) is 4.68 Å². The number of ether oxygens (including phenoxy) is 2. The van der Waals surface area contributed by atoms with Crippen LogP contribution in [-0.4, -0.2) is 76.5 Å². The summed E-state index contributed by atoms with van der Waals surface area (Å²) in [4.78, 5) is 29.2. The van der Waals surface area contributed by atoms with E-state index in [2.05, 4.69) is 10.3 Å². The van der Waals surface area contributed by atoms with Crippen molar-refractivity contribution in [2.75, 3.05) is 39.9 Å². The van der Waals surface area contributed by atoms with Gasteiger partial charge in [0.25, 0.3) is 5.91 Å². The molecule has 0 aliphatic carbocycles. The van der Waals surface area contributed by atoms with Crippen LogP contribution in [0.3, 0.4) is 0 Å². The second-order valence-electron chi connectivity index (χ2n) is 7.21. The van der Waals surface area contributed by atoms with E-state index in [1.165, 1.54) is 0 Å². The van der Waals surface area contributed by atoms with Gasteiger partial charge in [0, 0.05) is 44.9 Å². The van der Waals surface area contributed by atoms with Crippen molar-refractivity contribution in [2.24, 2.45) is 0 Å². The van der Waals surface area contributed by atoms with E-state index >= 15 is 0 Å². The van der Waals surface area contributed by atoms with Gasteiger partial charge in [-0.1, -0.05) is 5.21 Å². The predicted molar refractivity (Wildman–Crippen MR) is 104 cm³/mol. The highest BCUT2D eigenvalue weighted by Gasteiger charge is 2.26. The summed E-state index contributed by atoms with van der Waals surface area (Å²) in [6, 6.07) is 5.22. The Morgan fingerprint density at radius 1 is 1.03 bits per heavy atom. The third-order valence-corrected chi connectivity index (χ3v) is 5.33. The maximum absolute atomic E-state index is 13.1. The van der Waals surface area contributed by atoms with E-state index in [4.69, 9.17) is 9.47 Å². The number of carbonyl (C=O) groups is 2. The number of hydrogen-bond donors (Lipinski definition) is 0. The molecular formula is C20H25N5O4. The highest BCUT2D eigenvalue weighted by atomic mass is 16.5. The molecule has 29 heavy (non-hydrogen) atoms. The van der Waals surface area contributed by atoms with Crippen molar-refractivity contribution in [3.05, 3.63) is 35.7 Å². The Bertz CT molecular complexity index is 889. The van der Waals surface area contributed by atoms with Gasteiger partial charge in [0.05, 0.1) is 24.9 Å². The van der Waals surface area contributed by atoms with Gasteiger partial charge in [0.2, 0.25) is 5.91 Å². The van der Waals surface area contributed by atoms with E-state index in [1.807, 2.05) is 11.1 Å². The van der Waals surface area contributed by atoms with E-state index in [-0.39, 0.29) is 11.8 Å². The van der Waals surface area contributed by atoms with Crippen LogP contribution in [0.4, 0.5) is 0 Å². The molecule has 1 aromatic heterocycles. The molecule has 3 aliphatic rings. The van der Waals surface area contributed by atoms with Crippen molar-refractivity contribution in [1.29, 1.82) is 0 Å². The molecule has 5 rings (SSSR count). The van der Waals surface area contributed by atoms with Gasteiger partial charge in [-0.2, -0.15) is 0 Å². The maximum atomic E-state index is 13.1. The third kappa shape index (κ3) is 4.33. The molecule has 154 valence electrons. The smallest absolute Gasteiger partial charge is 0.257 e. The van der Waals surface area contributed by atoms with Gasteiger partial charge in [-0.15, -0.1) is 5.10 Å². The number of piperazine rings is 1. The fourth-order valence-electron chi connectivity index (χ4n) is 3.65. The summed E-state index contributed by atoms with van der Waals surface area (Å²) in [7, 11) is 1.58. The SMILES string of the molecule is COc1ccc2c(c1)OCCn1cc(nn1)CCCC(=O)N1CCN(CC1)C2=O. The van der Waals surface area contributed by atoms with E-state index < -0.39 is 0 Å². The van der Waals surface area contributed by atoms with Crippen LogP contribution in [0.5, 0.6) is 11.5 Å². The lowest BCUT2D eigenvalue weighted by molar-refractivity contribution is -0.132. The maximum Gasteiger partial charge on any atom is 0.257 e. The number of rotatable bonds is 1. The van der Waals surface area contributed by atoms with Gasteiger partial charge in [-0.3, -0.25) is 9.59 Å². The number of benzene rings is 1. The van der Waals surface area contributed by atoms with Crippen LogP contribution in [0, 0.1) is 0 Å². The number of aryl methyl sites for hydroxylation is 1. The van der Waals surface area contributed by atoms with Crippen LogP contribution in [0.2, 0.25) is 0 Å². The van der Waals surface area contributed by atoms with Gasteiger partial charge in [0.1, 0.15) is 18.1 Å². The molecule has 2 aromatic rings. The number of methoxy groups -OCH3 is 1. The zero-order chi connectivity index (χ0) is 20.2. The molecule has 4 heterocycles. The first-order valence-corrected chi connectivity index (χ1v) is 9.91. The van der Waals surface area contributed by atoms with Gasteiger partial charge in [-0.05, 0) is 25.0 Å². The lowest BCUT2D eigenvalue weighted by atomic mass is 10.1. The molecule has 0 saturated carbocycles. The van der Waals surface area contributed by atoms with Crippen molar-refractivity contribution in [1.82, 2.24) is 24.8 Å². The number of aromatic nitrogens is 3. The van der Waals surface area contributed by atoms with Crippen LogP contribution in [-0.2, 0) is 17.8 Å². The van der Waals surface area contributed by atoms with E-state index in [1.54, 1.807) is 34.9 Å². The van der Waals surface area contributed by atoms with Crippen LogP contribution in [0.15, 0.2) is 24.4 Å². The second-order valence-corrected chi connectivity index (χ2v) is 7.21. The van der Waals surface area contributed by atoms with Crippen molar-refractivity contribution in [2.45, 2.75) is 25.8 Å². The molecule has 1 fully saturated rings. The summed E-state index contributed by atoms with van der Waals surface area (Å²) in [5, 5.41) is 8.28. The number of carbonyl (C=O) groups excluding carboxylic acids is 2. The molecule has 1 aromatic carbocycles.